The molecule has 0 N–H and O–H groups in total. The highest BCUT2D eigenvalue weighted by molar-refractivity contribution is 6.30. The van der Waals surface area contributed by atoms with Crippen LogP contribution in [0, 0.1) is 6.92 Å². The van der Waals surface area contributed by atoms with Crippen LogP contribution in [0.3, 0.4) is 0 Å². The molecule has 2 heterocycles. The molecule has 146 valence electrons. The summed E-state index contributed by atoms with van der Waals surface area (Å²) >= 11 is 6.01. The van der Waals surface area contributed by atoms with Crippen molar-refractivity contribution in [3.63, 3.8) is 0 Å². The Hall–Kier alpha value is -3.11. The third-order valence-corrected chi connectivity index (χ3v) is 5.28. The van der Waals surface area contributed by atoms with Crippen LogP contribution in [-0.4, -0.2) is 10.9 Å². The number of carbonyl (C=O) groups excluding carboxylic acids is 1. The molecule has 0 bridgehead atoms. The van der Waals surface area contributed by atoms with Crippen LogP contribution in [0.4, 0.5) is 5.82 Å². The van der Waals surface area contributed by atoms with Gasteiger partial charge in [-0.25, -0.2) is 4.98 Å². The predicted molar refractivity (Wildman–Crippen MR) is 117 cm³/mol. The molecule has 2 aromatic heterocycles. The van der Waals surface area contributed by atoms with Crippen molar-refractivity contribution in [2.75, 3.05) is 4.90 Å². The Morgan fingerprint density at radius 1 is 1.07 bits per heavy atom. The second-order valence-corrected chi connectivity index (χ2v) is 7.38. The number of anilines is 1. The third kappa shape index (κ3) is 3.89. The predicted octanol–water partition coefficient (Wildman–Crippen LogP) is 6.20. The van der Waals surface area contributed by atoms with Gasteiger partial charge in [0, 0.05) is 22.2 Å². The Kier molecular flexibility index (Phi) is 5.36. The molecule has 0 aliphatic rings. The van der Waals surface area contributed by atoms with Crippen LogP contribution in [0.5, 0.6) is 0 Å². The number of halogens is 1. The van der Waals surface area contributed by atoms with Gasteiger partial charge in [-0.15, -0.1) is 0 Å². The van der Waals surface area contributed by atoms with Gasteiger partial charge in [0.05, 0.1) is 6.54 Å². The highest BCUT2D eigenvalue weighted by Gasteiger charge is 2.25. The van der Waals surface area contributed by atoms with Gasteiger partial charge in [-0.05, 0) is 60.9 Å². The molecule has 0 aliphatic carbocycles. The Morgan fingerprint density at radius 3 is 2.52 bits per heavy atom. The van der Waals surface area contributed by atoms with Crippen LogP contribution in [0.25, 0.3) is 11.0 Å². The average Bonchev–Trinajstić information content (AvgIpc) is 3.09. The van der Waals surface area contributed by atoms with Gasteiger partial charge < -0.3 is 4.42 Å². The minimum absolute atomic E-state index is 0.217. The minimum atomic E-state index is -0.217. The highest BCUT2D eigenvalue weighted by Crippen LogP contribution is 2.29. The van der Waals surface area contributed by atoms with E-state index >= 15 is 0 Å². The van der Waals surface area contributed by atoms with Gasteiger partial charge in [0.25, 0.3) is 5.91 Å². The number of furan rings is 1. The Balaban J connectivity index is 1.76. The van der Waals surface area contributed by atoms with Crippen molar-refractivity contribution in [2.45, 2.75) is 26.8 Å². The van der Waals surface area contributed by atoms with E-state index in [0.29, 0.717) is 23.1 Å². The molecule has 0 fully saturated rings. The quantitative estimate of drug-likeness (QED) is 0.398. The van der Waals surface area contributed by atoms with Gasteiger partial charge in [-0.1, -0.05) is 42.8 Å². The Morgan fingerprint density at radius 2 is 1.83 bits per heavy atom. The molecule has 0 saturated carbocycles. The Labute approximate surface area is 174 Å². The van der Waals surface area contributed by atoms with Crippen LogP contribution in [0.1, 0.15) is 34.2 Å². The van der Waals surface area contributed by atoms with Crippen molar-refractivity contribution in [1.29, 1.82) is 0 Å². The van der Waals surface area contributed by atoms with Gasteiger partial charge in [-0.2, -0.15) is 0 Å². The summed E-state index contributed by atoms with van der Waals surface area (Å²) in [7, 11) is 0. The van der Waals surface area contributed by atoms with E-state index < -0.39 is 0 Å². The Bertz CT molecular complexity index is 1150. The summed E-state index contributed by atoms with van der Waals surface area (Å²) in [6.45, 7) is 4.40. The molecule has 4 rings (SSSR count). The van der Waals surface area contributed by atoms with E-state index in [9.17, 15) is 4.79 Å². The smallest absolute Gasteiger partial charge is 0.295 e. The summed E-state index contributed by atoms with van der Waals surface area (Å²) in [4.78, 5) is 19.5. The zero-order chi connectivity index (χ0) is 20.4. The maximum Gasteiger partial charge on any atom is 0.295 e. The van der Waals surface area contributed by atoms with Crippen molar-refractivity contribution < 1.29 is 9.21 Å². The maximum absolute atomic E-state index is 13.5. The van der Waals surface area contributed by atoms with Crippen LogP contribution < -0.4 is 4.90 Å². The number of carbonyl (C=O) groups is 1. The van der Waals surface area contributed by atoms with E-state index in [4.69, 9.17) is 16.0 Å². The molecule has 0 spiro atoms. The topological polar surface area (TPSA) is 46.3 Å². The average molecular weight is 405 g/mol. The first-order valence-corrected chi connectivity index (χ1v) is 9.94. The normalized spacial score (nSPS) is 11.0. The molecular weight excluding hydrogens is 384 g/mol. The molecule has 0 atom stereocenters. The summed E-state index contributed by atoms with van der Waals surface area (Å²) in [5.74, 6) is 0.694. The van der Waals surface area contributed by atoms with Crippen LogP contribution in [0.15, 0.2) is 71.3 Å². The zero-order valence-electron chi connectivity index (χ0n) is 16.4. The molecular formula is C24H21ClN2O2. The fraction of sp³-hybridized carbons (Fsp3) is 0.167. The molecule has 0 saturated heterocycles. The van der Waals surface area contributed by atoms with Crippen LogP contribution in [0.2, 0.25) is 5.02 Å². The van der Waals surface area contributed by atoms with Gasteiger partial charge in [0.1, 0.15) is 11.4 Å². The SMILES string of the molecule is CCc1ccc2oc(C(=O)N(Cc3ccc(Cl)cc3)c3ccccn3)c(C)c2c1. The van der Waals surface area contributed by atoms with Gasteiger partial charge in [-0.3, -0.25) is 9.69 Å². The fourth-order valence-corrected chi connectivity index (χ4v) is 3.48. The first-order valence-electron chi connectivity index (χ1n) is 9.56. The summed E-state index contributed by atoms with van der Waals surface area (Å²) in [6.07, 6.45) is 2.61. The zero-order valence-corrected chi connectivity index (χ0v) is 17.1. The highest BCUT2D eigenvalue weighted by atomic mass is 35.5. The number of benzene rings is 2. The molecule has 2 aromatic carbocycles. The summed E-state index contributed by atoms with van der Waals surface area (Å²) in [6, 6.07) is 19.0. The van der Waals surface area contributed by atoms with E-state index in [1.165, 1.54) is 5.56 Å². The lowest BCUT2D eigenvalue weighted by Crippen LogP contribution is -2.31. The van der Waals surface area contributed by atoms with Gasteiger partial charge >= 0.3 is 0 Å². The third-order valence-electron chi connectivity index (χ3n) is 5.03. The largest absolute Gasteiger partial charge is 0.451 e. The van der Waals surface area contributed by atoms with Crippen molar-refractivity contribution in [1.82, 2.24) is 4.98 Å². The van der Waals surface area contributed by atoms with E-state index in [2.05, 4.69) is 18.0 Å². The van der Waals surface area contributed by atoms with E-state index in [1.807, 2.05) is 61.5 Å². The van der Waals surface area contributed by atoms with E-state index in [-0.39, 0.29) is 5.91 Å². The number of pyridine rings is 1. The van der Waals surface area contributed by atoms with Crippen molar-refractivity contribution in [3.05, 3.63) is 94.3 Å². The van der Waals surface area contributed by atoms with Crippen molar-refractivity contribution >= 4 is 34.3 Å². The summed E-state index contributed by atoms with van der Waals surface area (Å²) < 4.78 is 5.98. The summed E-state index contributed by atoms with van der Waals surface area (Å²) in [5, 5.41) is 1.63. The van der Waals surface area contributed by atoms with E-state index in [1.54, 1.807) is 11.1 Å². The molecule has 4 aromatic rings. The van der Waals surface area contributed by atoms with Crippen molar-refractivity contribution in [3.8, 4) is 0 Å². The molecule has 29 heavy (non-hydrogen) atoms. The van der Waals surface area contributed by atoms with E-state index in [0.717, 1.165) is 28.5 Å². The number of aromatic nitrogens is 1. The maximum atomic E-state index is 13.5. The number of amides is 1. The molecule has 0 unspecified atom stereocenters. The minimum Gasteiger partial charge on any atom is -0.451 e. The van der Waals surface area contributed by atoms with Crippen LogP contribution in [-0.2, 0) is 13.0 Å². The standard InChI is InChI=1S/C24H21ClN2O2/c1-3-17-9-12-21-20(14-17)16(2)23(29-21)24(28)27(22-6-4-5-13-26-22)15-18-7-10-19(25)11-8-18/h4-14H,3,15H2,1-2H3. The first kappa shape index (κ1) is 19.2. The second kappa shape index (κ2) is 8.10. The number of rotatable bonds is 5. The lowest BCUT2D eigenvalue weighted by atomic mass is 10.1. The number of hydrogen-bond donors (Lipinski definition) is 0. The number of hydrogen-bond acceptors (Lipinski definition) is 3. The molecule has 0 aliphatic heterocycles. The lowest BCUT2D eigenvalue weighted by molar-refractivity contribution is 0.0959. The molecule has 5 heteroatoms. The van der Waals surface area contributed by atoms with Crippen LogP contribution >= 0.6 is 11.6 Å². The lowest BCUT2D eigenvalue weighted by Gasteiger charge is -2.21. The molecule has 0 radical (unpaired) electrons. The van der Waals surface area contributed by atoms with Crippen molar-refractivity contribution in [2.24, 2.45) is 0 Å². The first-order chi connectivity index (χ1) is 14.1. The van der Waals surface area contributed by atoms with Gasteiger partial charge in [0.15, 0.2) is 5.76 Å². The number of aryl methyl sites for hydroxylation is 2. The number of fused-ring (bicyclic) bond motifs is 1. The second-order valence-electron chi connectivity index (χ2n) is 6.95. The molecule has 1 amide bonds. The summed E-state index contributed by atoms with van der Waals surface area (Å²) in [5.41, 5.74) is 3.73. The number of nitrogens with zero attached hydrogens (tertiary/aromatic N) is 2. The molecule has 4 nitrogen and oxygen atoms in total. The monoisotopic (exact) mass is 404 g/mol. The van der Waals surface area contributed by atoms with Gasteiger partial charge in [0.2, 0.25) is 0 Å². The fourth-order valence-electron chi connectivity index (χ4n) is 3.36.